The van der Waals surface area contributed by atoms with Crippen LogP contribution >= 0.6 is 0 Å². The SMILES string of the molecule is C=CCC(CC)C(=CC1CCCCC1)C1CCCCC1. The van der Waals surface area contributed by atoms with Gasteiger partial charge < -0.3 is 0 Å². The van der Waals surface area contributed by atoms with E-state index in [2.05, 4.69) is 25.7 Å². The Hall–Kier alpha value is -0.520. The summed E-state index contributed by atoms with van der Waals surface area (Å²) in [7, 11) is 0. The second-order valence-electron chi connectivity index (χ2n) is 7.03. The molecule has 0 amide bonds. The minimum atomic E-state index is 0.775. The molecule has 0 bridgehead atoms. The standard InChI is InChI=1S/C20H34/c1-3-11-18(4-2)20(19-14-9-6-10-15-19)16-17-12-7-5-8-13-17/h3,16-19H,1,4-15H2,2H3. The summed E-state index contributed by atoms with van der Waals surface area (Å²) >= 11 is 0. The van der Waals surface area contributed by atoms with Crippen molar-refractivity contribution < 1.29 is 0 Å². The Labute approximate surface area is 126 Å². The van der Waals surface area contributed by atoms with Crippen molar-refractivity contribution >= 4 is 0 Å². The Morgan fingerprint density at radius 2 is 1.60 bits per heavy atom. The lowest BCUT2D eigenvalue weighted by atomic mass is 9.74. The van der Waals surface area contributed by atoms with Crippen LogP contribution in [-0.4, -0.2) is 0 Å². The smallest absolute Gasteiger partial charge is 0.0169 e. The van der Waals surface area contributed by atoms with Crippen LogP contribution in [0.3, 0.4) is 0 Å². The zero-order valence-electron chi connectivity index (χ0n) is 13.6. The van der Waals surface area contributed by atoms with Crippen LogP contribution in [0.5, 0.6) is 0 Å². The Morgan fingerprint density at radius 3 is 2.15 bits per heavy atom. The Kier molecular flexibility index (Phi) is 6.90. The topological polar surface area (TPSA) is 0 Å². The molecule has 0 heterocycles. The molecule has 0 N–H and O–H groups in total. The van der Waals surface area contributed by atoms with E-state index in [1.165, 1.54) is 77.0 Å². The third-order valence-electron chi connectivity index (χ3n) is 5.57. The van der Waals surface area contributed by atoms with E-state index in [4.69, 9.17) is 0 Å². The van der Waals surface area contributed by atoms with Crippen molar-refractivity contribution in [3.05, 3.63) is 24.3 Å². The highest BCUT2D eigenvalue weighted by Gasteiger charge is 2.24. The van der Waals surface area contributed by atoms with Gasteiger partial charge in [-0.1, -0.05) is 63.2 Å². The first-order valence-electron chi connectivity index (χ1n) is 9.17. The monoisotopic (exact) mass is 274 g/mol. The van der Waals surface area contributed by atoms with Crippen molar-refractivity contribution in [1.82, 2.24) is 0 Å². The molecule has 2 aliphatic carbocycles. The van der Waals surface area contributed by atoms with Gasteiger partial charge in [0.25, 0.3) is 0 Å². The predicted octanol–water partition coefficient (Wildman–Crippen LogP) is 6.68. The first-order chi connectivity index (χ1) is 9.85. The van der Waals surface area contributed by atoms with E-state index in [9.17, 15) is 0 Å². The minimum Gasteiger partial charge on any atom is -0.103 e. The fraction of sp³-hybridized carbons (Fsp3) is 0.800. The Bertz CT molecular complexity index is 300. The van der Waals surface area contributed by atoms with Crippen LogP contribution < -0.4 is 0 Å². The predicted molar refractivity (Wildman–Crippen MR) is 89.8 cm³/mol. The molecule has 2 fully saturated rings. The summed E-state index contributed by atoms with van der Waals surface area (Å²) in [6.45, 7) is 6.36. The van der Waals surface area contributed by atoms with Crippen molar-refractivity contribution in [2.24, 2.45) is 17.8 Å². The van der Waals surface area contributed by atoms with Crippen LogP contribution in [0.25, 0.3) is 0 Å². The summed E-state index contributed by atoms with van der Waals surface area (Å²) in [4.78, 5) is 0. The van der Waals surface area contributed by atoms with Gasteiger partial charge in [0.15, 0.2) is 0 Å². The van der Waals surface area contributed by atoms with E-state index < -0.39 is 0 Å². The van der Waals surface area contributed by atoms with E-state index in [0.29, 0.717) is 0 Å². The van der Waals surface area contributed by atoms with Gasteiger partial charge in [0.05, 0.1) is 0 Å². The summed E-state index contributed by atoms with van der Waals surface area (Å²) < 4.78 is 0. The fourth-order valence-corrected chi connectivity index (χ4v) is 4.35. The molecule has 2 rings (SSSR count). The highest BCUT2D eigenvalue weighted by Crippen LogP contribution is 2.38. The average Bonchev–Trinajstić information content (AvgIpc) is 2.52. The third kappa shape index (κ3) is 4.50. The van der Waals surface area contributed by atoms with Crippen LogP contribution in [-0.2, 0) is 0 Å². The summed E-state index contributed by atoms with van der Waals surface area (Å²) in [5, 5.41) is 0. The molecule has 1 unspecified atom stereocenters. The molecule has 114 valence electrons. The highest BCUT2D eigenvalue weighted by molar-refractivity contribution is 5.15. The van der Waals surface area contributed by atoms with Crippen LogP contribution in [0.2, 0.25) is 0 Å². The molecule has 0 aromatic carbocycles. The molecule has 0 aliphatic heterocycles. The highest BCUT2D eigenvalue weighted by atomic mass is 14.3. The first-order valence-corrected chi connectivity index (χ1v) is 9.17. The molecule has 2 aliphatic rings. The van der Waals surface area contributed by atoms with Gasteiger partial charge in [-0.3, -0.25) is 0 Å². The maximum absolute atomic E-state index is 4.00. The zero-order valence-corrected chi connectivity index (χ0v) is 13.6. The molecule has 0 aromatic heterocycles. The van der Waals surface area contributed by atoms with E-state index >= 15 is 0 Å². The largest absolute Gasteiger partial charge is 0.103 e. The van der Waals surface area contributed by atoms with Gasteiger partial charge >= 0.3 is 0 Å². The molecule has 0 radical (unpaired) electrons. The summed E-state index contributed by atoms with van der Waals surface area (Å²) in [5.74, 6) is 2.56. The lowest BCUT2D eigenvalue weighted by Gasteiger charge is -2.31. The third-order valence-corrected chi connectivity index (χ3v) is 5.57. The van der Waals surface area contributed by atoms with Crippen molar-refractivity contribution in [1.29, 1.82) is 0 Å². The van der Waals surface area contributed by atoms with Gasteiger partial charge in [-0.05, 0) is 56.3 Å². The zero-order chi connectivity index (χ0) is 14.2. The first kappa shape index (κ1) is 15.9. The number of hydrogen-bond donors (Lipinski definition) is 0. The van der Waals surface area contributed by atoms with Gasteiger partial charge in [-0.2, -0.15) is 0 Å². The summed E-state index contributed by atoms with van der Waals surface area (Å²) in [6, 6.07) is 0. The Morgan fingerprint density at radius 1 is 1.00 bits per heavy atom. The van der Waals surface area contributed by atoms with Crippen LogP contribution in [0.1, 0.15) is 84.0 Å². The molecule has 0 heteroatoms. The van der Waals surface area contributed by atoms with Gasteiger partial charge in [0.1, 0.15) is 0 Å². The van der Waals surface area contributed by atoms with Gasteiger partial charge in [0.2, 0.25) is 0 Å². The number of allylic oxidation sites excluding steroid dienone is 3. The molecule has 1 atom stereocenters. The number of hydrogen-bond acceptors (Lipinski definition) is 0. The van der Waals surface area contributed by atoms with Crippen molar-refractivity contribution in [2.75, 3.05) is 0 Å². The molecule has 2 saturated carbocycles. The normalized spacial score (nSPS) is 24.6. The van der Waals surface area contributed by atoms with Gasteiger partial charge in [-0.15, -0.1) is 6.58 Å². The van der Waals surface area contributed by atoms with Crippen LogP contribution in [0, 0.1) is 17.8 Å². The van der Waals surface area contributed by atoms with Crippen molar-refractivity contribution in [3.8, 4) is 0 Å². The fourth-order valence-electron chi connectivity index (χ4n) is 4.35. The van der Waals surface area contributed by atoms with E-state index in [1.807, 2.05) is 5.57 Å². The minimum absolute atomic E-state index is 0.775. The molecule has 0 nitrogen and oxygen atoms in total. The van der Waals surface area contributed by atoms with E-state index in [0.717, 1.165) is 17.8 Å². The van der Waals surface area contributed by atoms with Crippen LogP contribution in [0.4, 0.5) is 0 Å². The maximum atomic E-state index is 4.00. The maximum Gasteiger partial charge on any atom is -0.0169 e. The molecular weight excluding hydrogens is 240 g/mol. The quantitative estimate of drug-likeness (QED) is 0.474. The van der Waals surface area contributed by atoms with Gasteiger partial charge in [-0.25, -0.2) is 0 Å². The van der Waals surface area contributed by atoms with E-state index in [1.54, 1.807) is 0 Å². The van der Waals surface area contributed by atoms with Crippen LogP contribution in [0.15, 0.2) is 24.3 Å². The second-order valence-corrected chi connectivity index (χ2v) is 7.03. The molecule has 0 saturated heterocycles. The molecular formula is C20H34. The van der Waals surface area contributed by atoms with Gasteiger partial charge in [0, 0.05) is 0 Å². The number of rotatable bonds is 6. The van der Waals surface area contributed by atoms with Crippen molar-refractivity contribution in [2.45, 2.75) is 84.0 Å². The average molecular weight is 274 g/mol. The van der Waals surface area contributed by atoms with E-state index in [-0.39, 0.29) is 0 Å². The molecule has 0 spiro atoms. The second kappa shape index (κ2) is 8.70. The molecule has 0 aromatic rings. The lowest BCUT2D eigenvalue weighted by molar-refractivity contribution is 0.355. The summed E-state index contributed by atoms with van der Waals surface area (Å²) in [6.07, 6.45) is 21.9. The lowest BCUT2D eigenvalue weighted by Crippen LogP contribution is -2.18. The molecule has 20 heavy (non-hydrogen) atoms. The summed E-state index contributed by atoms with van der Waals surface area (Å²) in [5.41, 5.74) is 1.83. The van der Waals surface area contributed by atoms with Crippen molar-refractivity contribution in [3.63, 3.8) is 0 Å². The Balaban J connectivity index is 2.11.